The first-order chi connectivity index (χ1) is 12.5. The molecule has 3 rings (SSSR count). The number of hydrogen-bond donors (Lipinski definition) is 1. The molecule has 0 spiro atoms. The number of thiazole rings is 1. The van der Waals surface area contributed by atoms with Gasteiger partial charge in [-0.2, -0.15) is 0 Å². The van der Waals surface area contributed by atoms with Crippen molar-refractivity contribution in [1.82, 2.24) is 10.3 Å². The Kier molecular flexibility index (Phi) is 6.25. The molecule has 140 valence electrons. The molecule has 1 aromatic heterocycles. The van der Waals surface area contributed by atoms with E-state index in [1.165, 1.54) is 6.42 Å². The minimum Gasteiger partial charge on any atom is -0.456 e. The van der Waals surface area contributed by atoms with Crippen molar-refractivity contribution in [1.29, 1.82) is 0 Å². The number of benzene rings is 1. The number of carbonyl (C=O) groups is 2. The van der Waals surface area contributed by atoms with E-state index in [2.05, 4.69) is 24.1 Å². The molecule has 0 saturated heterocycles. The summed E-state index contributed by atoms with van der Waals surface area (Å²) in [6.45, 7) is 4.21. The van der Waals surface area contributed by atoms with Crippen LogP contribution >= 0.6 is 11.3 Å². The van der Waals surface area contributed by atoms with Crippen LogP contribution in [0.15, 0.2) is 24.3 Å². The van der Waals surface area contributed by atoms with E-state index in [4.69, 9.17) is 4.74 Å². The lowest BCUT2D eigenvalue weighted by molar-refractivity contribution is -0.148. The number of ether oxygens (including phenoxy) is 1. The maximum Gasteiger partial charge on any atom is 0.306 e. The molecule has 0 aliphatic heterocycles. The van der Waals surface area contributed by atoms with Gasteiger partial charge >= 0.3 is 5.97 Å². The van der Waals surface area contributed by atoms with Gasteiger partial charge in [0, 0.05) is 12.5 Å². The summed E-state index contributed by atoms with van der Waals surface area (Å²) in [5.41, 5.74) is 0.955. The lowest BCUT2D eigenvalue weighted by atomic mass is 9.78. The van der Waals surface area contributed by atoms with Crippen molar-refractivity contribution in [3.8, 4) is 0 Å². The van der Waals surface area contributed by atoms with Crippen molar-refractivity contribution in [2.75, 3.05) is 6.61 Å². The Hall–Kier alpha value is -1.95. The Morgan fingerprint density at radius 3 is 2.88 bits per heavy atom. The Balaban J connectivity index is 1.40. The van der Waals surface area contributed by atoms with Crippen LogP contribution in [0.3, 0.4) is 0 Å². The molecule has 1 saturated carbocycles. The monoisotopic (exact) mass is 374 g/mol. The van der Waals surface area contributed by atoms with Crippen molar-refractivity contribution in [2.24, 2.45) is 11.8 Å². The summed E-state index contributed by atoms with van der Waals surface area (Å²) in [5.74, 6) is 0.515. The number of hydrogen-bond acceptors (Lipinski definition) is 5. The largest absolute Gasteiger partial charge is 0.456 e. The fraction of sp³-hybridized carbons (Fsp3) is 0.550. The Labute approximate surface area is 158 Å². The second kappa shape index (κ2) is 8.62. The lowest BCUT2D eigenvalue weighted by Gasteiger charge is -2.34. The highest BCUT2D eigenvalue weighted by Crippen LogP contribution is 2.29. The third-order valence-electron chi connectivity index (χ3n) is 5.30. The molecule has 6 heteroatoms. The maximum absolute atomic E-state index is 12.1. The van der Waals surface area contributed by atoms with Crippen LogP contribution in [0.1, 0.15) is 44.5 Å². The SMILES string of the molecule is C[C@@H]1[C@@H](C)CCC[C@H]1NC(=O)COC(=O)CCc1nc2ccccc2s1. The van der Waals surface area contributed by atoms with Crippen LogP contribution in [-0.4, -0.2) is 29.5 Å². The van der Waals surface area contributed by atoms with Gasteiger partial charge in [0.1, 0.15) is 0 Å². The number of rotatable bonds is 6. The van der Waals surface area contributed by atoms with Crippen molar-refractivity contribution >= 4 is 33.4 Å². The summed E-state index contributed by atoms with van der Waals surface area (Å²) in [5, 5.41) is 3.93. The maximum atomic E-state index is 12.1. The molecule has 1 amide bonds. The van der Waals surface area contributed by atoms with Crippen LogP contribution in [0, 0.1) is 11.8 Å². The third kappa shape index (κ3) is 4.81. The number of nitrogens with one attached hydrogen (secondary N) is 1. The van der Waals surface area contributed by atoms with Gasteiger partial charge in [0.2, 0.25) is 0 Å². The zero-order valence-electron chi connectivity index (χ0n) is 15.4. The van der Waals surface area contributed by atoms with Gasteiger partial charge in [-0.05, 0) is 30.4 Å². The van der Waals surface area contributed by atoms with E-state index in [9.17, 15) is 9.59 Å². The molecule has 1 N–H and O–H groups in total. The summed E-state index contributed by atoms with van der Waals surface area (Å²) >= 11 is 1.59. The molecule has 1 aliphatic rings. The first-order valence-corrected chi connectivity index (χ1v) is 10.1. The van der Waals surface area contributed by atoms with Gasteiger partial charge in [0.05, 0.1) is 21.6 Å². The molecule has 1 fully saturated rings. The van der Waals surface area contributed by atoms with E-state index in [-0.39, 0.29) is 30.9 Å². The first-order valence-electron chi connectivity index (χ1n) is 9.32. The van der Waals surface area contributed by atoms with Crippen LogP contribution in [-0.2, 0) is 20.7 Å². The van der Waals surface area contributed by atoms with Crippen molar-refractivity contribution < 1.29 is 14.3 Å². The lowest BCUT2D eigenvalue weighted by Crippen LogP contribution is -2.45. The molecule has 3 atom stereocenters. The summed E-state index contributed by atoms with van der Waals surface area (Å²) in [4.78, 5) is 28.5. The van der Waals surface area contributed by atoms with Gasteiger partial charge in [0.15, 0.2) is 6.61 Å². The molecule has 5 nitrogen and oxygen atoms in total. The number of nitrogens with zero attached hydrogens (tertiary/aromatic N) is 1. The van der Waals surface area contributed by atoms with Gasteiger partial charge in [-0.3, -0.25) is 9.59 Å². The van der Waals surface area contributed by atoms with Gasteiger partial charge < -0.3 is 10.1 Å². The fourth-order valence-corrected chi connectivity index (χ4v) is 4.46. The summed E-state index contributed by atoms with van der Waals surface area (Å²) in [6.07, 6.45) is 4.14. The minimum atomic E-state index is -0.357. The Morgan fingerprint density at radius 1 is 1.27 bits per heavy atom. The van der Waals surface area contributed by atoms with Crippen LogP contribution in [0.5, 0.6) is 0 Å². The zero-order valence-corrected chi connectivity index (χ0v) is 16.2. The standard InChI is InChI=1S/C20H26N2O3S/c1-13-6-5-8-15(14(13)2)21-18(23)12-25-20(24)11-10-19-22-16-7-3-4-9-17(16)26-19/h3-4,7,9,13-15H,5-6,8,10-12H2,1-2H3,(H,21,23)/t13-,14+,15+/m0/s1. The van der Waals surface area contributed by atoms with Crippen molar-refractivity contribution in [3.63, 3.8) is 0 Å². The highest BCUT2D eigenvalue weighted by molar-refractivity contribution is 7.18. The number of carbonyl (C=O) groups excluding carboxylic acids is 2. The highest BCUT2D eigenvalue weighted by atomic mass is 32.1. The van der Waals surface area contributed by atoms with E-state index >= 15 is 0 Å². The fourth-order valence-electron chi connectivity index (χ4n) is 3.49. The Bertz CT molecular complexity index is 740. The van der Waals surface area contributed by atoms with Gasteiger partial charge in [-0.1, -0.05) is 38.8 Å². The third-order valence-corrected chi connectivity index (χ3v) is 6.39. The number of aryl methyl sites for hydroxylation is 1. The smallest absolute Gasteiger partial charge is 0.306 e. The van der Waals surface area contributed by atoms with E-state index in [1.54, 1.807) is 11.3 Å². The van der Waals surface area contributed by atoms with Crippen LogP contribution in [0.25, 0.3) is 10.2 Å². The summed E-state index contributed by atoms with van der Waals surface area (Å²) < 4.78 is 6.25. The van der Waals surface area contributed by atoms with E-state index in [1.807, 2.05) is 24.3 Å². The second-order valence-corrected chi connectivity index (χ2v) is 8.29. The number of fused-ring (bicyclic) bond motifs is 1. The zero-order chi connectivity index (χ0) is 18.5. The molecule has 0 bridgehead atoms. The average molecular weight is 375 g/mol. The first kappa shape index (κ1) is 18.8. The van der Waals surface area contributed by atoms with Gasteiger partial charge in [-0.15, -0.1) is 11.3 Å². The molecule has 1 heterocycles. The van der Waals surface area contributed by atoms with Crippen molar-refractivity contribution in [2.45, 2.75) is 52.0 Å². The molecule has 1 aliphatic carbocycles. The topological polar surface area (TPSA) is 68.3 Å². The molecule has 1 aromatic carbocycles. The molecular weight excluding hydrogens is 348 g/mol. The normalized spacial score (nSPS) is 22.9. The highest BCUT2D eigenvalue weighted by Gasteiger charge is 2.28. The predicted molar refractivity (Wildman–Crippen MR) is 103 cm³/mol. The van der Waals surface area contributed by atoms with Gasteiger partial charge in [0.25, 0.3) is 5.91 Å². The number of para-hydroxylation sites is 1. The van der Waals surface area contributed by atoms with E-state index in [0.29, 0.717) is 18.3 Å². The average Bonchev–Trinajstić information content (AvgIpc) is 3.05. The quantitative estimate of drug-likeness (QED) is 0.783. The van der Waals surface area contributed by atoms with E-state index < -0.39 is 0 Å². The second-order valence-electron chi connectivity index (χ2n) is 7.18. The van der Waals surface area contributed by atoms with Crippen LogP contribution in [0.4, 0.5) is 0 Å². The predicted octanol–water partition coefficient (Wildman–Crippen LogP) is 3.71. The van der Waals surface area contributed by atoms with E-state index in [0.717, 1.165) is 28.1 Å². The molecule has 0 radical (unpaired) electrons. The van der Waals surface area contributed by atoms with Gasteiger partial charge in [-0.25, -0.2) is 4.98 Å². The molecule has 26 heavy (non-hydrogen) atoms. The number of aromatic nitrogens is 1. The molecule has 0 unspecified atom stereocenters. The minimum absolute atomic E-state index is 0.188. The number of amides is 1. The molecule has 2 aromatic rings. The van der Waals surface area contributed by atoms with Crippen LogP contribution in [0.2, 0.25) is 0 Å². The summed E-state index contributed by atoms with van der Waals surface area (Å²) in [6, 6.07) is 8.10. The number of esters is 1. The van der Waals surface area contributed by atoms with Crippen molar-refractivity contribution in [3.05, 3.63) is 29.3 Å². The Morgan fingerprint density at radius 2 is 2.08 bits per heavy atom. The van der Waals surface area contributed by atoms with Crippen LogP contribution < -0.4 is 5.32 Å². The summed E-state index contributed by atoms with van der Waals surface area (Å²) in [7, 11) is 0. The molecular formula is C20H26N2O3S.